The second-order valence-electron chi connectivity index (χ2n) is 6.97. The lowest BCUT2D eigenvalue weighted by Crippen LogP contribution is -2.29. The van der Waals surface area contributed by atoms with E-state index in [1.165, 1.54) is 17.3 Å². The van der Waals surface area contributed by atoms with Crippen LogP contribution < -0.4 is 10.9 Å². The Morgan fingerprint density at radius 1 is 1.21 bits per heavy atom. The van der Waals surface area contributed by atoms with Crippen molar-refractivity contribution in [1.29, 1.82) is 0 Å². The van der Waals surface area contributed by atoms with E-state index < -0.39 is 5.25 Å². The van der Waals surface area contributed by atoms with E-state index in [0.29, 0.717) is 32.7 Å². The molecule has 0 saturated carbocycles. The molecule has 3 rings (SSSR count). The second kappa shape index (κ2) is 9.01. The third kappa shape index (κ3) is 4.49. The summed E-state index contributed by atoms with van der Waals surface area (Å²) in [7, 11) is 1.59. The number of benzene rings is 2. The monoisotopic (exact) mass is 429 g/mol. The van der Waals surface area contributed by atoms with Crippen molar-refractivity contribution in [2.24, 2.45) is 0 Å². The Kier molecular flexibility index (Phi) is 6.65. The van der Waals surface area contributed by atoms with Crippen molar-refractivity contribution in [3.63, 3.8) is 0 Å². The number of aromatic nitrogens is 2. The summed E-state index contributed by atoms with van der Waals surface area (Å²) in [4.78, 5) is 30.1. The lowest BCUT2D eigenvalue weighted by Gasteiger charge is -2.17. The van der Waals surface area contributed by atoms with E-state index in [2.05, 4.69) is 24.1 Å². The number of hydrogen-bond donors (Lipinski definition) is 1. The number of hydrogen-bond acceptors (Lipinski definition) is 4. The number of rotatable bonds is 6. The standard InChI is InChI=1S/C22H24ClN3O2S/c1-5-13(2)15-6-9-17(10-7-15)26-21(28)18-12-16(23)8-11-19(18)25-22(26)29-14(3)20(27)24-4/h6-14H,5H2,1-4H3,(H,24,27). The molecule has 1 aromatic heterocycles. The number of thioether (sulfide) groups is 1. The Morgan fingerprint density at radius 2 is 1.90 bits per heavy atom. The van der Waals surface area contributed by atoms with Crippen LogP contribution >= 0.6 is 23.4 Å². The minimum Gasteiger partial charge on any atom is -0.358 e. The van der Waals surface area contributed by atoms with Crippen molar-refractivity contribution in [1.82, 2.24) is 14.9 Å². The summed E-state index contributed by atoms with van der Waals surface area (Å²) in [6.07, 6.45) is 1.04. The van der Waals surface area contributed by atoms with E-state index in [1.807, 2.05) is 24.3 Å². The van der Waals surface area contributed by atoms with Gasteiger partial charge < -0.3 is 5.32 Å². The molecule has 0 aliphatic heterocycles. The van der Waals surface area contributed by atoms with Gasteiger partial charge in [0.1, 0.15) is 0 Å². The van der Waals surface area contributed by atoms with Crippen molar-refractivity contribution in [2.45, 2.75) is 43.5 Å². The fraction of sp³-hybridized carbons (Fsp3) is 0.318. The predicted octanol–water partition coefficient (Wildman–Crippen LogP) is 4.78. The normalized spacial score (nSPS) is 13.3. The van der Waals surface area contributed by atoms with Crippen LogP contribution in [-0.4, -0.2) is 27.8 Å². The summed E-state index contributed by atoms with van der Waals surface area (Å²) in [5.74, 6) is 0.315. The van der Waals surface area contributed by atoms with Crippen molar-refractivity contribution >= 4 is 40.2 Å². The lowest BCUT2D eigenvalue weighted by atomic mass is 9.98. The summed E-state index contributed by atoms with van der Waals surface area (Å²) in [6.45, 7) is 6.11. The molecule has 1 N–H and O–H groups in total. The first kappa shape index (κ1) is 21.4. The van der Waals surface area contributed by atoms with E-state index in [0.717, 1.165) is 6.42 Å². The molecule has 152 valence electrons. The Hall–Kier alpha value is -2.31. The number of amides is 1. The van der Waals surface area contributed by atoms with Crippen LogP contribution in [0.4, 0.5) is 0 Å². The number of nitrogens with zero attached hydrogens (tertiary/aromatic N) is 2. The maximum Gasteiger partial charge on any atom is 0.266 e. The van der Waals surface area contributed by atoms with Gasteiger partial charge in [0.25, 0.3) is 5.56 Å². The van der Waals surface area contributed by atoms with Gasteiger partial charge in [0, 0.05) is 12.1 Å². The maximum atomic E-state index is 13.3. The topological polar surface area (TPSA) is 64.0 Å². The molecule has 0 fully saturated rings. The highest BCUT2D eigenvalue weighted by molar-refractivity contribution is 8.00. The Morgan fingerprint density at radius 3 is 2.52 bits per heavy atom. The number of carbonyl (C=O) groups is 1. The molecule has 0 saturated heterocycles. The van der Waals surface area contributed by atoms with Gasteiger partial charge >= 0.3 is 0 Å². The van der Waals surface area contributed by atoms with Crippen LogP contribution in [0.1, 0.15) is 38.7 Å². The van der Waals surface area contributed by atoms with Crippen molar-refractivity contribution < 1.29 is 4.79 Å². The first-order valence-electron chi connectivity index (χ1n) is 9.56. The molecule has 0 spiro atoms. The second-order valence-corrected chi connectivity index (χ2v) is 8.72. The quantitative estimate of drug-likeness (QED) is 0.452. The van der Waals surface area contributed by atoms with Gasteiger partial charge in [0.15, 0.2) is 5.16 Å². The number of carbonyl (C=O) groups excluding carboxylic acids is 1. The molecule has 0 aliphatic carbocycles. The van der Waals surface area contributed by atoms with Crippen LogP contribution in [0.2, 0.25) is 5.02 Å². The highest BCUT2D eigenvalue weighted by Crippen LogP contribution is 2.27. The highest BCUT2D eigenvalue weighted by atomic mass is 35.5. The van der Waals surface area contributed by atoms with Gasteiger partial charge in [-0.1, -0.05) is 49.3 Å². The molecule has 29 heavy (non-hydrogen) atoms. The zero-order chi connectivity index (χ0) is 21.1. The molecule has 2 atom stereocenters. The number of fused-ring (bicyclic) bond motifs is 1. The zero-order valence-corrected chi connectivity index (χ0v) is 18.5. The van der Waals surface area contributed by atoms with Gasteiger partial charge in [0.2, 0.25) is 5.91 Å². The summed E-state index contributed by atoms with van der Waals surface area (Å²) in [5.41, 5.74) is 2.27. The average molecular weight is 430 g/mol. The van der Waals surface area contributed by atoms with E-state index in [9.17, 15) is 9.59 Å². The van der Waals surface area contributed by atoms with Crippen LogP contribution in [0.3, 0.4) is 0 Å². The third-order valence-electron chi connectivity index (χ3n) is 5.03. The molecule has 0 bridgehead atoms. The van der Waals surface area contributed by atoms with E-state index in [-0.39, 0.29) is 11.5 Å². The van der Waals surface area contributed by atoms with E-state index in [4.69, 9.17) is 11.6 Å². The summed E-state index contributed by atoms with van der Waals surface area (Å²) < 4.78 is 1.56. The Bertz CT molecular complexity index is 1100. The molecule has 1 amide bonds. The molecule has 0 aliphatic rings. The van der Waals surface area contributed by atoms with E-state index >= 15 is 0 Å². The van der Waals surface area contributed by atoms with Crippen LogP contribution in [0, 0.1) is 0 Å². The predicted molar refractivity (Wildman–Crippen MR) is 120 cm³/mol. The van der Waals surface area contributed by atoms with Crippen LogP contribution in [-0.2, 0) is 4.79 Å². The molecule has 5 nitrogen and oxygen atoms in total. The first-order chi connectivity index (χ1) is 13.8. The van der Waals surface area contributed by atoms with Crippen LogP contribution in [0.5, 0.6) is 0 Å². The molecular weight excluding hydrogens is 406 g/mol. The zero-order valence-electron chi connectivity index (χ0n) is 16.9. The fourth-order valence-electron chi connectivity index (χ4n) is 3.05. The molecular formula is C22H24ClN3O2S. The molecule has 0 radical (unpaired) electrons. The van der Waals surface area contributed by atoms with Gasteiger partial charge in [-0.05, 0) is 55.2 Å². The van der Waals surface area contributed by atoms with Crippen LogP contribution in [0.25, 0.3) is 16.6 Å². The van der Waals surface area contributed by atoms with Gasteiger partial charge in [-0.15, -0.1) is 0 Å². The number of nitrogens with one attached hydrogen (secondary N) is 1. The minimum absolute atomic E-state index is 0.126. The van der Waals surface area contributed by atoms with Gasteiger partial charge in [-0.2, -0.15) is 0 Å². The molecule has 2 aromatic carbocycles. The molecule has 3 aromatic rings. The van der Waals surface area contributed by atoms with Crippen molar-refractivity contribution in [3.05, 3.63) is 63.4 Å². The van der Waals surface area contributed by atoms with E-state index in [1.54, 1.807) is 36.7 Å². The Balaban J connectivity index is 2.19. The highest BCUT2D eigenvalue weighted by Gasteiger charge is 2.20. The largest absolute Gasteiger partial charge is 0.358 e. The van der Waals surface area contributed by atoms with Crippen LogP contribution in [0.15, 0.2) is 52.4 Å². The van der Waals surface area contributed by atoms with Gasteiger partial charge in [-0.3, -0.25) is 14.2 Å². The molecule has 1 heterocycles. The fourth-order valence-corrected chi connectivity index (χ4v) is 4.20. The summed E-state index contributed by atoms with van der Waals surface area (Å²) >= 11 is 7.36. The smallest absolute Gasteiger partial charge is 0.266 e. The van der Waals surface area contributed by atoms with Crippen molar-refractivity contribution in [2.75, 3.05) is 7.05 Å². The summed E-state index contributed by atoms with van der Waals surface area (Å²) in [5, 5.41) is 3.63. The molecule has 7 heteroatoms. The number of halogens is 1. The lowest BCUT2D eigenvalue weighted by molar-refractivity contribution is -0.119. The van der Waals surface area contributed by atoms with Gasteiger partial charge in [-0.25, -0.2) is 4.98 Å². The average Bonchev–Trinajstić information content (AvgIpc) is 2.73. The summed E-state index contributed by atoms with van der Waals surface area (Å²) in [6, 6.07) is 13.0. The maximum absolute atomic E-state index is 13.3. The minimum atomic E-state index is -0.401. The SMILES string of the molecule is CCC(C)c1ccc(-n2c(SC(C)C(=O)NC)nc3ccc(Cl)cc3c2=O)cc1. The Labute approximate surface area is 179 Å². The molecule has 2 unspecified atom stereocenters. The third-order valence-corrected chi connectivity index (χ3v) is 6.32. The van der Waals surface area contributed by atoms with Gasteiger partial charge in [0.05, 0.1) is 21.8 Å². The van der Waals surface area contributed by atoms with Crippen molar-refractivity contribution in [3.8, 4) is 5.69 Å². The first-order valence-corrected chi connectivity index (χ1v) is 10.8.